The minimum Gasteiger partial charge on any atom is -0.493 e. The highest BCUT2D eigenvalue weighted by atomic mass is 32.2. The average Bonchev–Trinajstić information content (AvgIpc) is 2.70. The SMILES string of the molecule is COc1cc2c(cc1OC)CN(C1CCN(C(=O)CCS(C)(=O)=O)CC1)CC2. The highest BCUT2D eigenvalue weighted by Gasteiger charge is 2.29. The first-order chi connectivity index (χ1) is 13.3. The van der Waals surface area contributed by atoms with Gasteiger partial charge in [-0.15, -0.1) is 0 Å². The minimum absolute atomic E-state index is 0.0512. The van der Waals surface area contributed by atoms with Gasteiger partial charge in [-0.25, -0.2) is 8.42 Å². The molecule has 0 N–H and O–H groups in total. The van der Waals surface area contributed by atoms with Crippen molar-refractivity contribution in [3.05, 3.63) is 23.3 Å². The van der Waals surface area contributed by atoms with Gasteiger partial charge in [-0.05, 0) is 42.5 Å². The predicted octanol–water partition coefficient (Wildman–Crippen LogP) is 1.49. The van der Waals surface area contributed by atoms with Crippen LogP contribution >= 0.6 is 0 Å². The van der Waals surface area contributed by atoms with Gasteiger partial charge in [0, 0.05) is 44.9 Å². The van der Waals surface area contributed by atoms with Crippen LogP contribution in [0.4, 0.5) is 0 Å². The van der Waals surface area contributed by atoms with Crippen molar-refractivity contribution in [3.8, 4) is 11.5 Å². The molecule has 3 rings (SSSR count). The number of fused-ring (bicyclic) bond motifs is 1. The molecule has 1 fully saturated rings. The first-order valence-corrected chi connectivity index (χ1v) is 11.8. The Bertz CT molecular complexity index is 816. The topological polar surface area (TPSA) is 76.2 Å². The lowest BCUT2D eigenvalue weighted by Crippen LogP contribution is -2.48. The molecule has 2 aliphatic heterocycles. The van der Waals surface area contributed by atoms with Crippen LogP contribution in [0.3, 0.4) is 0 Å². The van der Waals surface area contributed by atoms with E-state index in [9.17, 15) is 13.2 Å². The number of rotatable bonds is 6. The zero-order valence-electron chi connectivity index (χ0n) is 16.9. The van der Waals surface area contributed by atoms with E-state index < -0.39 is 9.84 Å². The zero-order chi connectivity index (χ0) is 20.3. The smallest absolute Gasteiger partial charge is 0.223 e. The Labute approximate surface area is 167 Å². The number of nitrogens with zero attached hydrogens (tertiary/aromatic N) is 2. The van der Waals surface area contributed by atoms with Gasteiger partial charge in [-0.2, -0.15) is 0 Å². The molecule has 156 valence electrons. The summed E-state index contributed by atoms with van der Waals surface area (Å²) in [5.74, 6) is 1.41. The summed E-state index contributed by atoms with van der Waals surface area (Å²) in [5.41, 5.74) is 2.58. The van der Waals surface area contributed by atoms with Crippen molar-refractivity contribution in [3.63, 3.8) is 0 Å². The summed E-state index contributed by atoms with van der Waals surface area (Å²) in [6.07, 6.45) is 4.08. The van der Waals surface area contributed by atoms with Gasteiger partial charge in [0.15, 0.2) is 11.5 Å². The Kier molecular flexibility index (Phi) is 6.50. The average molecular weight is 411 g/mol. The fourth-order valence-electron chi connectivity index (χ4n) is 4.13. The largest absolute Gasteiger partial charge is 0.493 e. The van der Waals surface area contributed by atoms with E-state index in [2.05, 4.69) is 17.0 Å². The number of piperidine rings is 1. The lowest BCUT2D eigenvalue weighted by Gasteiger charge is -2.40. The molecule has 1 aromatic rings. The maximum Gasteiger partial charge on any atom is 0.223 e. The molecule has 0 bridgehead atoms. The number of benzene rings is 1. The normalized spacial score (nSPS) is 18.6. The van der Waals surface area contributed by atoms with Gasteiger partial charge in [0.2, 0.25) is 5.91 Å². The van der Waals surface area contributed by atoms with Crippen molar-refractivity contribution in [1.29, 1.82) is 0 Å². The van der Waals surface area contributed by atoms with E-state index in [-0.39, 0.29) is 18.1 Å². The summed E-state index contributed by atoms with van der Waals surface area (Å²) in [7, 11) is 0.211. The van der Waals surface area contributed by atoms with Crippen LogP contribution in [-0.4, -0.2) is 76.0 Å². The molecule has 1 saturated heterocycles. The highest BCUT2D eigenvalue weighted by Crippen LogP contribution is 2.34. The third kappa shape index (κ3) is 4.97. The summed E-state index contributed by atoms with van der Waals surface area (Å²) < 4.78 is 33.4. The summed E-state index contributed by atoms with van der Waals surface area (Å²) in [5, 5.41) is 0. The van der Waals surface area contributed by atoms with Crippen LogP contribution in [0.5, 0.6) is 11.5 Å². The Morgan fingerprint density at radius 1 is 1.07 bits per heavy atom. The number of sulfone groups is 1. The van der Waals surface area contributed by atoms with Crippen molar-refractivity contribution in [1.82, 2.24) is 9.80 Å². The third-order valence-electron chi connectivity index (χ3n) is 5.77. The molecule has 0 unspecified atom stereocenters. The molecule has 0 spiro atoms. The van der Waals surface area contributed by atoms with E-state index in [4.69, 9.17) is 9.47 Å². The maximum atomic E-state index is 12.2. The molecule has 1 amide bonds. The van der Waals surface area contributed by atoms with E-state index in [1.165, 1.54) is 17.4 Å². The second kappa shape index (κ2) is 8.69. The molecule has 0 aliphatic carbocycles. The van der Waals surface area contributed by atoms with Gasteiger partial charge in [-0.1, -0.05) is 0 Å². The van der Waals surface area contributed by atoms with Crippen LogP contribution in [0.15, 0.2) is 12.1 Å². The highest BCUT2D eigenvalue weighted by molar-refractivity contribution is 7.90. The fourth-order valence-corrected chi connectivity index (χ4v) is 4.67. The van der Waals surface area contributed by atoms with Crippen LogP contribution in [0.2, 0.25) is 0 Å². The van der Waals surface area contributed by atoms with Crippen molar-refractivity contribution in [2.45, 2.75) is 38.3 Å². The summed E-state index contributed by atoms with van der Waals surface area (Å²) >= 11 is 0. The fraction of sp³-hybridized carbons (Fsp3) is 0.650. The van der Waals surface area contributed by atoms with Crippen LogP contribution < -0.4 is 9.47 Å². The van der Waals surface area contributed by atoms with Gasteiger partial charge < -0.3 is 14.4 Å². The summed E-state index contributed by atoms with van der Waals surface area (Å²) in [4.78, 5) is 16.6. The van der Waals surface area contributed by atoms with Crippen molar-refractivity contribution in [2.24, 2.45) is 0 Å². The Balaban J connectivity index is 1.57. The molecule has 2 aliphatic rings. The zero-order valence-corrected chi connectivity index (χ0v) is 17.8. The Morgan fingerprint density at radius 2 is 1.68 bits per heavy atom. The van der Waals surface area contributed by atoms with Gasteiger partial charge in [-0.3, -0.25) is 9.69 Å². The quantitative estimate of drug-likeness (QED) is 0.707. The number of amides is 1. The molecular formula is C20H30N2O5S. The number of ether oxygens (including phenoxy) is 2. The van der Waals surface area contributed by atoms with E-state index in [1.54, 1.807) is 14.2 Å². The number of carbonyl (C=O) groups is 1. The second-order valence-corrected chi connectivity index (χ2v) is 9.95. The van der Waals surface area contributed by atoms with E-state index in [1.807, 2.05) is 4.90 Å². The van der Waals surface area contributed by atoms with E-state index in [0.717, 1.165) is 43.9 Å². The van der Waals surface area contributed by atoms with Crippen LogP contribution in [-0.2, 0) is 27.6 Å². The number of hydrogen-bond acceptors (Lipinski definition) is 6. The van der Waals surface area contributed by atoms with Gasteiger partial charge in [0.25, 0.3) is 0 Å². The van der Waals surface area contributed by atoms with Crippen LogP contribution in [0, 0.1) is 0 Å². The van der Waals surface area contributed by atoms with Gasteiger partial charge >= 0.3 is 0 Å². The monoisotopic (exact) mass is 410 g/mol. The lowest BCUT2D eigenvalue weighted by atomic mass is 9.94. The third-order valence-corrected chi connectivity index (χ3v) is 6.71. The molecule has 8 heteroatoms. The van der Waals surface area contributed by atoms with Crippen molar-refractivity contribution >= 4 is 15.7 Å². The van der Waals surface area contributed by atoms with E-state index >= 15 is 0 Å². The Hall–Kier alpha value is -1.80. The number of methoxy groups -OCH3 is 2. The first kappa shape index (κ1) is 20.9. The van der Waals surface area contributed by atoms with Gasteiger partial charge in [0.1, 0.15) is 9.84 Å². The second-order valence-electron chi connectivity index (χ2n) is 7.69. The summed E-state index contributed by atoms with van der Waals surface area (Å²) in [6.45, 7) is 3.27. The number of hydrogen-bond donors (Lipinski definition) is 0. The van der Waals surface area contributed by atoms with E-state index in [0.29, 0.717) is 19.1 Å². The minimum atomic E-state index is -3.10. The molecule has 1 aromatic carbocycles. The molecule has 0 saturated carbocycles. The Morgan fingerprint density at radius 3 is 2.25 bits per heavy atom. The number of carbonyl (C=O) groups excluding carboxylic acids is 1. The van der Waals surface area contributed by atoms with Gasteiger partial charge in [0.05, 0.1) is 20.0 Å². The summed E-state index contributed by atoms with van der Waals surface area (Å²) in [6, 6.07) is 4.60. The lowest BCUT2D eigenvalue weighted by molar-refractivity contribution is -0.132. The molecule has 0 aromatic heterocycles. The number of likely N-dealkylation sites (tertiary alicyclic amines) is 1. The van der Waals surface area contributed by atoms with Crippen LogP contribution in [0.1, 0.15) is 30.4 Å². The van der Waals surface area contributed by atoms with Crippen LogP contribution in [0.25, 0.3) is 0 Å². The predicted molar refractivity (Wildman–Crippen MR) is 108 cm³/mol. The maximum absolute atomic E-state index is 12.2. The molecule has 2 heterocycles. The van der Waals surface area contributed by atoms with Crippen molar-refractivity contribution < 1.29 is 22.7 Å². The molecule has 28 heavy (non-hydrogen) atoms. The molecular weight excluding hydrogens is 380 g/mol. The molecule has 7 nitrogen and oxygen atoms in total. The van der Waals surface area contributed by atoms with Crippen molar-refractivity contribution in [2.75, 3.05) is 45.9 Å². The molecule has 0 radical (unpaired) electrons. The molecule has 0 atom stereocenters. The first-order valence-electron chi connectivity index (χ1n) is 9.74. The standard InChI is InChI=1S/C20H30N2O5S/c1-26-18-12-15-4-8-22(14-16(15)13-19(18)27-2)17-5-9-21(10-6-17)20(23)7-11-28(3,24)25/h12-13,17H,4-11,14H2,1-3H3.